The van der Waals surface area contributed by atoms with Crippen LogP contribution in [0.25, 0.3) is 0 Å². The van der Waals surface area contributed by atoms with Crippen molar-refractivity contribution in [3.8, 4) is 11.5 Å². The van der Waals surface area contributed by atoms with Gasteiger partial charge in [-0.05, 0) is 24.6 Å². The summed E-state index contributed by atoms with van der Waals surface area (Å²) < 4.78 is 11.1. The number of rotatable bonds is 6. The first-order valence-corrected chi connectivity index (χ1v) is 7.01. The minimum atomic E-state index is 0.497. The molecule has 0 saturated heterocycles. The van der Waals surface area contributed by atoms with Crippen molar-refractivity contribution in [3.05, 3.63) is 39.8 Å². The van der Waals surface area contributed by atoms with Gasteiger partial charge in [-0.15, -0.1) is 11.3 Å². The van der Waals surface area contributed by atoms with Crippen LogP contribution in [0, 0.1) is 6.92 Å². The molecule has 0 fully saturated rings. The standard InChI is InChI=1S/C14H18N2O2S/c1-10-14(19-9-16-10)5-6-18-12-4-3-11(8-15)7-13(12)17-2/h3-4,7,9H,5-6,8,15H2,1-2H3. The summed E-state index contributed by atoms with van der Waals surface area (Å²) in [6.07, 6.45) is 0.859. The maximum absolute atomic E-state index is 5.77. The molecule has 102 valence electrons. The molecule has 2 N–H and O–H groups in total. The molecule has 19 heavy (non-hydrogen) atoms. The van der Waals surface area contributed by atoms with Crippen molar-refractivity contribution in [1.29, 1.82) is 0 Å². The Balaban J connectivity index is 1.97. The topological polar surface area (TPSA) is 57.4 Å². The summed E-state index contributed by atoms with van der Waals surface area (Å²) in [6, 6.07) is 5.77. The number of nitrogens with zero attached hydrogens (tertiary/aromatic N) is 1. The minimum absolute atomic E-state index is 0.497. The van der Waals surface area contributed by atoms with E-state index >= 15 is 0 Å². The van der Waals surface area contributed by atoms with Crippen molar-refractivity contribution in [2.24, 2.45) is 5.73 Å². The van der Waals surface area contributed by atoms with E-state index in [1.54, 1.807) is 18.4 Å². The lowest BCUT2D eigenvalue weighted by atomic mass is 10.2. The minimum Gasteiger partial charge on any atom is -0.493 e. The van der Waals surface area contributed by atoms with Crippen molar-refractivity contribution in [2.45, 2.75) is 19.9 Å². The van der Waals surface area contributed by atoms with Gasteiger partial charge in [0.2, 0.25) is 0 Å². The molecule has 0 radical (unpaired) electrons. The largest absolute Gasteiger partial charge is 0.493 e. The molecule has 1 heterocycles. The zero-order chi connectivity index (χ0) is 13.7. The number of ether oxygens (including phenoxy) is 2. The number of benzene rings is 1. The quantitative estimate of drug-likeness (QED) is 0.882. The number of methoxy groups -OCH3 is 1. The second kappa shape index (κ2) is 6.54. The average molecular weight is 278 g/mol. The van der Waals surface area contributed by atoms with Gasteiger partial charge in [0.25, 0.3) is 0 Å². The normalized spacial score (nSPS) is 10.5. The van der Waals surface area contributed by atoms with Gasteiger partial charge in [0.05, 0.1) is 24.9 Å². The molecular weight excluding hydrogens is 260 g/mol. The summed E-state index contributed by atoms with van der Waals surface area (Å²) in [6.45, 7) is 3.13. The fourth-order valence-corrected chi connectivity index (χ4v) is 2.54. The maximum Gasteiger partial charge on any atom is 0.161 e. The fourth-order valence-electron chi connectivity index (χ4n) is 1.78. The Morgan fingerprint density at radius 1 is 1.32 bits per heavy atom. The van der Waals surface area contributed by atoms with Crippen molar-refractivity contribution >= 4 is 11.3 Å². The molecule has 5 heteroatoms. The van der Waals surface area contributed by atoms with Gasteiger partial charge in [-0.2, -0.15) is 0 Å². The summed E-state index contributed by atoms with van der Waals surface area (Å²) in [4.78, 5) is 5.48. The van der Waals surface area contributed by atoms with E-state index in [9.17, 15) is 0 Å². The highest BCUT2D eigenvalue weighted by atomic mass is 32.1. The second-order valence-electron chi connectivity index (χ2n) is 4.15. The van der Waals surface area contributed by atoms with Crippen LogP contribution in [0.3, 0.4) is 0 Å². The van der Waals surface area contributed by atoms with Crippen LogP contribution < -0.4 is 15.2 Å². The zero-order valence-electron chi connectivity index (χ0n) is 11.2. The Labute approximate surface area is 117 Å². The summed E-state index contributed by atoms with van der Waals surface area (Å²) in [5.41, 5.74) is 9.58. The summed E-state index contributed by atoms with van der Waals surface area (Å²) in [7, 11) is 1.63. The van der Waals surface area contributed by atoms with Gasteiger partial charge in [-0.1, -0.05) is 6.07 Å². The highest BCUT2D eigenvalue weighted by Gasteiger charge is 2.06. The Morgan fingerprint density at radius 2 is 2.16 bits per heavy atom. The highest BCUT2D eigenvalue weighted by molar-refractivity contribution is 7.09. The van der Waals surface area contributed by atoms with Crippen LogP contribution in [0.2, 0.25) is 0 Å². The first kappa shape index (κ1) is 13.8. The number of hydrogen-bond donors (Lipinski definition) is 1. The molecule has 0 amide bonds. The van der Waals surface area contributed by atoms with Crippen LogP contribution in [0.5, 0.6) is 11.5 Å². The number of nitrogens with two attached hydrogens (primary N) is 1. The third-order valence-electron chi connectivity index (χ3n) is 2.90. The SMILES string of the molecule is COc1cc(CN)ccc1OCCc1scnc1C. The molecule has 2 aromatic rings. The molecule has 0 unspecified atom stereocenters. The monoisotopic (exact) mass is 278 g/mol. The molecule has 0 aliphatic rings. The van der Waals surface area contributed by atoms with Crippen LogP contribution in [-0.4, -0.2) is 18.7 Å². The van der Waals surface area contributed by atoms with Crippen molar-refractivity contribution in [2.75, 3.05) is 13.7 Å². The smallest absolute Gasteiger partial charge is 0.161 e. The molecule has 2 rings (SSSR count). The molecule has 0 saturated carbocycles. The van der Waals surface area contributed by atoms with Gasteiger partial charge in [-0.3, -0.25) is 0 Å². The first-order chi connectivity index (χ1) is 9.24. The number of thiazole rings is 1. The third-order valence-corrected chi connectivity index (χ3v) is 3.89. The van der Waals surface area contributed by atoms with Crippen LogP contribution in [0.4, 0.5) is 0 Å². The van der Waals surface area contributed by atoms with Crippen molar-refractivity contribution < 1.29 is 9.47 Å². The molecule has 1 aromatic heterocycles. The van der Waals surface area contributed by atoms with Crippen LogP contribution in [-0.2, 0) is 13.0 Å². The zero-order valence-corrected chi connectivity index (χ0v) is 12.0. The van der Waals surface area contributed by atoms with E-state index < -0.39 is 0 Å². The van der Waals surface area contributed by atoms with E-state index in [4.69, 9.17) is 15.2 Å². The van der Waals surface area contributed by atoms with E-state index in [1.807, 2.05) is 30.6 Å². The lowest BCUT2D eigenvalue weighted by Crippen LogP contribution is -2.03. The average Bonchev–Trinajstić information content (AvgIpc) is 2.84. The molecule has 0 atom stereocenters. The van der Waals surface area contributed by atoms with E-state index in [0.29, 0.717) is 13.2 Å². The van der Waals surface area contributed by atoms with Gasteiger partial charge in [0.1, 0.15) is 0 Å². The van der Waals surface area contributed by atoms with Gasteiger partial charge < -0.3 is 15.2 Å². The molecule has 0 bridgehead atoms. The number of aromatic nitrogens is 1. The van der Waals surface area contributed by atoms with Crippen molar-refractivity contribution in [3.63, 3.8) is 0 Å². The van der Waals surface area contributed by atoms with E-state index in [0.717, 1.165) is 29.2 Å². The predicted molar refractivity (Wildman–Crippen MR) is 76.9 cm³/mol. The summed E-state index contributed by atoms with van der Waals surface area (Å²) >= 11 is 1.66. The lowest BCUT2D eigenvalue weighted by Gasteiger charge is -2.11. The van der Waals surface area contributed by atoms with Crippen molar-refractivity contribution in [1.82, 2.24) is 4.98 Å². The van der Waals surface area contributed by atoms with Gasteiger partial charge in [0.15, 0.2) is 11.5 Å². The van der Waals surface area contributed by atoms with Crippen LogP contribution in [0.1, 0.15) is 16.1 Å². The Morgan fingerprint density at radius 3 is 2.79 bits per heavy atom. The van der Waals surface area contributed by atoms with E-state index in [1.165, 1.54) is 4.88 Å². The third kappa shape index (κ3) is 3.45. The maximum atomic E-state index is 5.77. The van der Waals surface area contributed by atoms with Gasteiger partial charge in [-0.25, -0.2) is 4.98 Å². The van der Waals surface area contributed by atoms with Gasteiger partial charge in [0, 0.05) is 17.8 Å². The van der Waals surface area contributed by atoms with Crippen LogP contribution >= 0.6 is 11.3 Å². The Hall–Kier alpha value is -1.59. The molecule has 0 aliphatic heterocycles. The lowest BCUT2D eigenvalue weighted by molar-refractivity contribution is 0.298. The molecule has 1 aromatic carbocycles. The number of aryl methyl sites for hydroxylation is 1. The summed E-state index contributed by atoms with van der Waals surface area (Å²) in [5, 5.41) is 0. The van der Waals surface area contributed by atoms with E-state index in [2.05, 4.69) is 4.98 Å². The molecular formula is C14H18N2O2S. The number of hydrogen-bond acceptors (Lipinski definition) is 5. The fraction of sp³-hybridized carbons (Fsp3) is 0.357. The molecule has 0 spiro atoms. The molecule has 0 aliphatic carbocycles. The molecule has 4 nitrogen and oxygen atoms in total. The van der Waals surface area contributed by atoms with E-state index in [-0.39, 0.29) is 0 Å². The Bertz CT molecular complexity index is 540. The van der Waals surface area contributed by atoms with Gasteiger partial charge >= 0.3 is 0 Å². The Kier molecular flexibility index (Phi) is 4.76. The predicted octanol–water partition coefficient (Wildman–Crippen LogP) is 2.54. The second-order valence-corrected chi connectivity index (χ2v) is 5.09. The highest BCUT2D eigenvalue weighted by Crippen LogP contribution is 2.28. The van der Waals surface area contributed by atoms with Crippen LogP contribution in [0.15, 0.2) is 23.7 Å². The summed E-state index contributed by atoms with van der Waals surface area (Å²) in [5.74, 6) is 1.48. The first-order valence-electron chi connectivity index (χ1n) is 6.13.